The van der Waals surface area contributed by atoms with Crippen LogP contribution in [-0.2, 0) is 13.3 Å². The van der Waals surface area contributed by atoms with Gasteiger partial charge in [0, 0.05) is 19.8 Å². The Kier molecular flexibility index (Phi) is 11.0. The standard InChI is InChI=1S/C13H30O4Si/c1-5-9-10-11-12-13(14)18(15-6-2,16-7-3)17-8-4/h13-14H,5-12H2,1-4H3. The van der Waals surface area contributed by atoms with Crippen LogP contribution in [0.15, 0.2) is 0 Å². The molecule has 0 fully saturated rings. The highest BCUT2D eigenvalue weighted by atomic mass is 28.4. The van der Waals surface area contributed by atoms with Crippen molar-refractivity contribution in [3.8, 4) is 0 Å². The van der Waals surface area contributed by atoms with Crippen molar-refractivity contribution < 1.29 is 18.4 Å². The molecule has 4 nitrogen and oxygen atoms in total. The Labute approximate surface area is 113 Å². The van der Waals surface area contributed by atoms with Gasteiger partial charge in [0.1, 0.15) is 5.73 Å². The highest BCUT2D eigenvalue weighted by Gasteiger charge is 2.48. The lowest BCUT2D eigenvalue weighted by Crippen LogP contribution is -2.56. The van der Waals surface area contributed by atoms with E-state index in [2.05, 4.69) is 6.92 Å². The summed E-state index contributed by atoms with van der Waals surface area (Å²) in [7, 11) is -2.90. The van der Waals surface area contributed by atoms with E-state index in [0.717, 1.165) is 12.8 Å². The molecular weight excluding hydrogens is 248 g/mol. The maximum absolute atomic E-state index is 10.3. The van der Waals surface area contributed by atoms with Crippen LogP contribution in [0.4, 0.5) is 0 Å². The summed E-state index contributed by atoms with van der Waals surface area (Å²) in [6.45, 7) is 9.43. The highest BCUT2D eigenvalue weighted by Crippen LogP contribution is 2.20. The minimum absolute atomic E-state index is 0.512. The number of aliphatic hydroxyl groups is 1. The Balaban J connectivity index is 4.39. The van der Waals surface area contributed by atoms with Gasteiger partial charge in [0.05, 0.1) is 0 Å². The number of unbranched alkanes of at least 4 members (excludes halogenated alkanes) is 3. The first-order chi connectivity index (χ1) is 8.66. The average Bonchev–Trinajstić information content (AvgIpc) is 2.35. The number of hydrogen-bond donors (Lipinski definition) is 1. The quantitative estimate of drug-likeness (QED) is 0.440. The fourth-order valence-electron chi connectivity index (χ4n) is 1.96. The van der Waals surface area contributed by atoms with Gasteiger partial charge < -0.3 is 18.4 Å². The minimum Gasteiger partial charge on any atom is -0.389 e. The second-order valence-corrected chi connectivity index (χ2v) is 7.01. The van der Waals surface area contributed by atoms with E-state index in [1.165, 1.54) is 12.8 Å². The predicted molar refractivity (Wildman–Crippen MR) is 75.4 cm³/mol. The summed E-state index contributed by atoms with van der Waals surface area (Å²) >= 11 is 0. The van der Waals surface area contributed by atoms with Crippen molar-refractivity contribution in [1.82, 2.24) is 0 Å². The first-order valence-electron chi connectivity index (χ1n) is 7.26. The lowest BCUT2D eigenvalue weighted by molar-refractivity contribution is 0.0192. The van der Waals surface area contributed by atoms with Gasteiger partial charge in [-0.3, -0.25) is 0 Å². The molecular formula is C13H30O4Si. The Hall–Kier alpha value is 0.0569. The molecule has 0 amide bonds. The zero-order valence-corrected chi connectivity index (χ0v) is 13.4. The summed E-state index contributed by atoms with van der Waals surface area (Å²) in [4.78, 5) is 0. The summed E-state index contributed by atoms with van der Waals surface area (Å²) < 4.78 is 17.0. The van der Waals surface area contributed by atoms with Crippen molar-refractivity contribution in [3.63, 3.8) is 0 Å². The molecule has 18 heavy (non-hydrogen) atoms. The van der Waals surface area contributed by atoms with E-state index in [0.29, 0.717) is 26.2 Å². The van der Waals surface area contributed by atoms with Crippen LogP contribution in [-0.4, -0.2) is 39.5 Å². The molecule has 0 radical (unpaired) electrons. The molecule has 1 atom stereocenters. The van der Waals surface area contributed by atoms with Gasteiger partial charge in [0.25, 0.3) is 0 Å². The third kappa shape index (κ3) is 6.29. The minimum atomic E-state index is -2.90. The number of hydrogen-bond acceptors (Lipinski definition) is 4. The van der Waals surface area contributed by atoms with Gasteiger partial charge in [-0.25, -0.2) is 0 Å². The molecule has 0 aliphatic carbocycles. The molecule has 0 aromatic heterocycles. The lowest BCUT2D eigenvalue weighted by Gasteiger charge is -2.32. The Morgan fingerprint density at radius 3 is 1.72 bits per heavy atom. The third-order valence-corrected chi connectivity index (χ3v) is 5.95. The van der Waals surface area contributed by atoms with Crippen LogP contribution in [0.1, 0.15) is 59.8 Å². The van der Waals surface area contributed by atoms with Crippen molar-refractivity contribution in [3.05, 3.63) is 0 Å². The molecule has 0 bridgehead atoms. The Morgan fingerprint density at radius 1 is 0.833 bits per heavy atom. The van der Waals surface area contributed by atoms with Crippen LogP contribution in [0.25, 0.3) is 0 Å². The van der Waals surface area contributed by atoms with E-state index in [9.17, 15) is 5.11 Å². The van der Waals surface area contributed by atoms with Crippen LogP contribution >= 0.6 is 0 Å². The molecule has 110 valence electrons. The monoisotopic (exact) mass is 278 g/mol. The first kappa shape index (κ1) is 18.1. The zero-order valence-electron chi connectivity index (χ0n) is 12.4. The van der Waals surface area contributed by atoms with Crippen molar-refractivity contribution in [2.45, 2.75) is 65.5 Å². The van der Waals surface area contributed by atoms with Gasteiger partial charge in [0.15, 0.2) is 0 Å². The maximum Gasteiger partial charge on any atom is 0.531 e. The summed E-state index contributed by atoms with van der Waals surface area (Å²) in [5.41, 5.74) is -0.603. The van der Waals surface area contributed by atoms with Gasteiger partial charge >= 0.3 is 8.80 Å². The molecule has 0 aliphatic heterocycles. The zero-order chi connectivity index (χ0) is 13.9. The average molecular weight is 278 g/mol. The van der Waals surface area contributed by atoms with Crippen LogP contribution in [0, 0.1) is 0 Å². The van der Waals surface area contributed by atoms with Crippen LogP contribution in [0.2, 0.25) is 0 Å². The highest BCUT2D eigenvalue weighted by molar-refractivity contribution is 6.62. The van der Waals surface area contributed by atoms with E-state index in [4.69, 9.17) is 13.3 Å². The van der Waals surface area contributed by atoms with E-state index in [1.54, 1.807) is 0 Å². The Morgan fingerprint density at radius 2 is 1.33 bits per heavy atom. The van der Waals surface area contributed by atoms with Crippen molar-refractivity contribution >= 4 is 8.80 Å². The molecule has 0 saturated carbocycles. The van der Waals surface area contributed by atoms with Crippen LogP contribution < -0.4 is 0 Å². The summed E-state index contributed by atoms with van der Waals surface area (Å²) in [6, 6.07) is 0. The second kappa shape index (κ2) is 10.9. The molecule has 0 aromatic rings. The fourth-order valence-corrected chi connectivity index (χ4v) is 4.55. The summed E-state index contributed by atoms with van der Waals surface area (Å²) in [6.07, 6.45) is 5.24. The van der Waals surface area contributed by atoms with Crippen molar-refractivity contribution in [1.29, 1.82) is 0 Å². The number of rotatable bonds is 12. The topological polar surface area (TPSA) is 47.9 Å². The molecule has 0 rings (SSSR count). The normalized spacial score (nSPS) is 13.8. The first-order valence-corrected chi connectivity index (χ1v) is 9.06. The molecule has 0 aromatic carbocycles. The smallest absolute Gasteiger partial charge is 0.389 e. The summed E-state index contributed by atoms with van der Waals surface area (Å²) in [5.74, 6) is 0. The van der Waals surface area contributed by atoms with Gasteiger partial charge in [-0.05, 0) is 27.2 Å². The SMILES string of the molecule is CCCCCCC(O)[Si](OCC)(OCC)OCC. The van der Waals surface area contributed by atoms with Gasteiger partial charge in [-0.2, -0.15) is 0 Å². The predicted octanol–water partition coefficient (Wildman–Crippen LogP) is 2.91. The van der Waals surface area contributed by atoms with E-state index in [1.807, 2.05) is 20.8 Å². The van der Waals surface area contributed by atoms with Gasteiger partial charge in [0.2, 0.25) is 0 Å². The fraction of sp³-hybridized carbons (Fsp3) is 1.00. The molecule has 0 saturated heterocycles. The maximum atomic E-state index is 10.3. The van der Waals surface area contributed by atoms with Gasteiger partial charge in [-0.15, -0.1) is 0 Å². The van der Waals surface area contributed by atoms with E-state index in [-0.39, 0.29) is 0 Å². The van der Waals surface area contributed by atoms with Crippen molar-refractivity contribution in [2.24, 2.45) is 0 Å². The molecule has 0 aliphatic rings. The third-order valence-electron chi connectivity index (χ3n) is 2.78. The molecule has 5 heteroatoms. The van der Waals surface area contributed by atoms with Crippen LogP contribution in [0.5, 0.6) is 0 Å². The van der Waals surface area contributed by atoms with E-state index < -0.39 is 14.5 Å². The van der Waals surface area contributed by atoms with Gasteiger partial charge in [-0.1, -0.05) is 32.6 Å². The molecule has 0 heterocycles. The van der Waals surface area contributed by atoms with Crippen LogP contribution in [0.3, 0.4) is 0 Å². The molecule has 1 N–H and O–H groups in total. The summed E-state index contributed by atoms with van der Waals surface area (Å²) in [5, 5.41) is 10.3. The van der Waals surface area contributed by atoms with E-state index >= 15 is 0 Å². The largest absolute Gasteiger partial charge is 0.531 e. The Bertz CT molecular complexity index is 173. The second-order valence-electron chi connectivity index (χ2n) is 4.27. The molecule has 0 spiro atoms. The lowest BCUT2D eigenvalue weighted by atomic mass is 10.2. The molecule has 1 unspecified atom stereocenters. The number of aliphatic hydroxyl groups excluding tert-OH is 1. The van der Waals surface area contributed by atoms with Crippen molar-refractivity contribution in [2.75, 3.05) is 19.8 Å².